The second kappa shape index (κ2) is 4.66. The highest BCUT2D eigenvalue weighted by Gasteiger charge is 2.27. The quantitative estimate of drug-likeness (QED) is 0.796. The second-order valence-corrected chi connectivity index (χ2v) is 6.90. The standard InChI is InChI=1S/C12H18N2O2S/c1-10-9-17(15,16)7-6-14(10)8-11-2-4-12(13)5-3-11/h2-5,10H,6-9,13H2,1H3. The lowest BCUT2D eigenvalue weighted by atomic mass is 10.1. The Balaban J connectivity index is 2.03. The summed E-state index contributed by atoms with van der Waals surface area (Å²) in [4.78, 5) is 2.20. The summed E-state index contributed by atoms with van der Waals surface area (Å²) >= 11 is 0. The Morgan fingerprint density at radius 2 is 2.00 bits per heavy atom. The molecule has 4 nitrogen and oxygen atoms in total. The molecule has 1 aliphatic heterocycles. The molecule has 1 unspecified atom stereocenters. The molecule has 1 aromatic rings. The number of anilines is 1. The maximum absolute atomic E-state index is 11.5. The molecule has 0 aliphatic carbocycles. The van der Waals surface area contributed by atoms with Crippen molar-refractivity contribution in [3.8, 4) is 0 Å². The van der Waals surface area contributed by atoms with E-state index in [0.717, 1.165) is 12.2 Å². The van der Waals surface area contributed by atoms with Gasteiger partial charge in [-0.05, 0) is 24.6 Å². The van der Waals surface area contributed by atoms with Crippen LogP contribution in [0.2, 0.25) is 0 Å². The summed E-state index contributed by atoms with van der Waals surface area (Å²) < 4.78 is 22.9. The average molecular weight is 254 g/mol. The van der Waals surface area contributed by atoms with Crippen molar-refractivity contribution in [1.82, 2.24) is 4.90 Å². The van der Waals surface area contributed by atoms with E-state index >= 15 is 0 Å². The molecule has 1 saturated heterocycles. The lowest BCUT2D eigenvalue weighted by Crippen LogP contribution is -2.46. The van der Waals surface area contributed by atoms with Gasteiger partial charge in [-0.3, -0.25) is 4.90 Å². The number of hydrogen-bond donors (Lipinski definition) is 1. The maximum atomic E-state index is 11.5. The second-order valence-electron chi connectivity index (χ2n) is 4.68. The minimum Gasteiger partial charge on any atom is -0.399 e. The van der Waals surface area contributed by atoms with Crippen LogP contribution >= 0.6 is 0 Å². The molecule has 0 radical (unpaired) electrons. The van der Waals surface area contributed by atoms with Crippen LogP contribution in [-0.2, 0) is 16.4 Å². The zero-order valence-corrected chi connectivity index (χ0v) is 10.8. The highest BCUT2D eigenvalue weighted by molar-refractivity contribution is 7.91. The molecule has 0 amide bonds. The Morgan fingerprint density at radius 3 is 2.59 bits per heavy atom. The van der Waals surface area contributed by atoms with Gasteiger partial charge in [-0.1, -0.05) is 12.1 Å². The number of nitrogens with two attached hydrogens (primary N) is 1. The average Bonchev–Trinajstić information content (AvgIpc) is 2.24. The van der Waals surface area contributed by atoms with Crippen LogP contribution in [0.5, 0.6) is 0 Å². The summed E-state index contributed by atoms with van der Waals surface area (Å²) in [5.41, 5.74) is 7.55. The van der Waals surface area contributed by atoms with E-state index in [2.05, 4.69) is 4.90 Å². The third kappa shape index (κ3) is 3.20. The predicted octanol–water partition coefficient (Wildman–Crippen LogP) is 0.888. The maximum Gasteiger partial charge on any atom is 0.153 e. The van der Waals surface area contributed by atoms with E-state index in [0.29, 0.717) is 6.54 Å². The largest absolute Gasteiger partial charge is 0.399 e. The molecule has 5 heteroatoms. The van der Waals surface area contributed by atoms with E-state index in [1.54, 1.807) is 0 Å². The third-order valence-electron chi connectivity index (χ3n) is 3.17. The number of hydrogen-bond acceptors (Lipinski definition) is 4. The van der Waals surface area contributed by atoms with E-state index in [1.807, 2.05) is 31.2 Å². The molecule has 94 valence electrons. The Hall–Kier alpha value is -1.07. The smallest absolute Gasteiger partial charge is 0.153 e. The number of rotatable bonds is 2. The number of nitrogen functional groups attached to an aromatic ring is 1. The van der Waals surface area contributed by atoms with Gasteiger partial charge in [-0.15, -0.1) is 0 Å². The Labute approximate surface area is 102 Å². The fourth-order valence-corrected chi connectivity index (χ4v) is 3.75. The molecule has 0 saturated carbocycles. The van der Waals surface area contributed by atoms with Gasteiger partial charge in [-0.2, -0.15) is 0 Å². The molecule has 2 rings (SSSR count). The van der Waals surface area contributed by atoms with Crippen molar-refractivity contribution in [3.63, 3.8) is 0 Å². The summed E-state index contributed by atoms with van der Waals surface area (Å²) in [6.07, 6.45) is 0. The third-order valence-corrected chi connectivity index (χ3v) is 4.97. The van der Waals surface area contributed by atoms with Crippen LogP contribution in [-0.4, -0.2) is 37.4 Å². The minimum absolute atomic E-state index is 0.0892. The zero-order valence-electron chi connectivity index (χ0n) is 9.96. The summed E-state index contributed by atoms with van der Waals surface area (Å²) in [5.74, 6) is 0.536. The van der Waals surface area contributed by atoms with Gasteiger partial charge < -0.3 is 5.73 Å². The highest BCUT2D eigenvalue weighted by Crippen LogP contribution is 2.16. The minimum atomic E-state index is -2.83. The van der Waals surface area contributed by atoms with E-state index in [-0.39, 0.29) is 17.5 Å². The molecule has 1 fully saturated rings. The Bertz CT molecular complexity index is 482. The normalized spacial score (nSPS) is 24.6. The monoisotopic (exact) mass is 254 g/mol. The van der Waals surface area contributed by atoms with Crippen molar-refractivity contribution >= 4 is 15.5 Å². The van der Waals surface area contributed by atoms with Crippen LogP contribution in [0.15, 0.2) is 24.3 Å². The number of nitrogens with zero attached hydrogens (tertiary/aromatic N) is 1. The van der Waals surface area contributed by atoms with Gasteiger partial charge in [0.1, 0.15) is 0 Å². The van der Waals surface area contributed by atoms with Gasteiger partial charge in [0.15, 0.2) is 9.84 Å². The summed E-state index contributed by atoms with van der Waals surface area (Å²) in [6, 6.07) is 7.82. The number of benzene rings is 1. The molecule has 0 spiro atoms. The van der Waals surface area contributed by atoms with Gasteiger partial charge >= 0.3 is 0 Å². The highest BCUT2D eigenvalue weighted by atomic mass is 32.2. The first-order chi connectivity index (χ1) is 7.96. The molecule has 0 aromatic heterocycles. The van der Waals surface area contributed by atoms with E-state index in [9.17, 15) is 8.42 Å². The van der Waals surface area contributed by atoms with Crippen molar-refractivity contribution < 1.29 is 8.42 Å². The summed E-state index contributed by atoms with van der Waals surface area (Å²) in [6.45, 7) is 3.37. The van der Waals surface area contributed by atoms with E-state index in [1.165, 1.54) is 5.56 Å². The predicted molar refractivity (Wildman–Crippen MR) is 69.4 cm³/mol. The van der Waals surface area contributed by atoms with Gasteiger partial charge in [0.05, 0.1) is 11.5 Å². The Kier molecular flexibility index (Phi) is 3.40. The SMILES string of the molecule is CC1CS(=O)(=O)CCN1Cc1ccc(N)cc1. The molecule has 1 heterocycles. The molecule has 2 N–H and O–H groups in total. The molecular weight excluding hydrogens is 236 g/mol. The van der Waals surface area contributed by atoms with E-state index in [4.69, 9.17) is 5.73 Å². The van der Waals surface area contributed by atoms with Crippen molar-refractivity contribution in [2.45, 2.75) is 19.5 Å². The fourth-order valence-electron chi connectivity index (χ4n) is 2.13. The van der Waals surface area contributed by atoms with Crippen molar-refractivity contribution in [2.75, 3.05) is 23.8 Å². The molecule has 17 heavy (non-hydrogen) atoms. The first-order valence-electron chi connectivity index (χ1n) is 5.75. The van der Waals surface area contributed by atoms with Crippen molar-refractivity contribution in [2.24, 2.45) is 0 Å². The topological polar surface area (TPSA) is 63.4 Å². The first kappa shape index (κ1) is 12.4. The van der Waals surface area contributed by atoms with Gasteiger partial charge in [-0.25, -0.2) is 8.42 Å². The molecular formula is C12H18N2O2S. The van der Waals surface area contributed by atoms with Crippen LogP contribution < -0.4 is 5.73 Å². The summed E-state index contributed by atoms with van der Waals surface area (Å²) in [5, 5.41) is 0. The summed E-state index contributed by atoms with van der Waals surface area (Å²) in [7, 11) is -2.83. The molecule has 1 atom stereocenters. The van der Waals surface area contributed by atoms with Crippen LogP contribution in [0.3, 0.4) is 0 Å². The number of sulfone groups is 1. The van der Waals surface area contributed by atoms with Crippen molar-refractivity contribution in [1.29, 1.82) is 0 Å². The fraction of sp³-hybridized carbons (Fsp3) is 0.500. The van der Waals surface area contributed by atoms with E-state index < -0.39 is 9.84 Å². The molecule has 1 aliphatic rings. The van der Waals surface area contributed by atoms with Gasteiger partial charge in [0, 0.05) is 24.8 Å². The van der Waals surface area contributed by atoms with Crippen LogP contribution in [0.1, 0.15) is 12.5 Å². The van der Waals surface area contributed by atoms with Crippen LogP contribution in [0.4, 0.5) is 5.69 Å². The van der Waals surface area contributed by atoms with Crippen molar-refractivity contribution in [3.05, 3.63) is 29.8 Å². The molecule has 1 aromatic carbocycles. The lowest BCUT2D eigenvalue weighted by molar-refractivity contribution is 0.218. The Morgan fingerprint density at radius 1 is 1.35 bits per heavy atom. The first-order valence-corrected chi connectivity index (χ1v) is 7.57. The van der Waals surface area contributed by atoms with Gasteiger partial charge in [0.2, 0.25) is 0 Å². The molecule has 0 bridgehead atoms. The zero-order chi connectivity index (χ0) is 12.5. The van der Waals surface area contributed by atoms with Crippen LogP contribution in [0, 0.1) is 0 Å². The van der Waals surface area contributed by atoms with Crippen LogP contribution in [0.25, 0.3) is 0 Å². The van der Waals surface area contributed by atoms with Gasteiger partial charge in [0.25, 0.3) is 0 Å². The lowest BCUT2D eigenvalue weighted by Gasteiger charge is -2.33.